The Bertz CT molecular complexity index is 2890. The number of rotatable bonds is 10. The Hall–Kier alpha value is -5.21. The van der Waals surface area contributed by atoms with Crippen LogP contribution in [0.3, 0.4) is 0 Å². The standard InChI is InChI=1S/2C16H11N5O9S.Cr.3Na/c2*17-8-1-2-10-7(3-8)4-13(31(28,29)30)14(15(10)22)19-18-11-5-9(20(24)25)6-12(16(11)23)21(26)27;;;;/h2*1-6,18,23H,17H2,(H,28,29,30);;;;/q;;;3*+1/b2*19-14-;;;;. The zero-order chi connectivity index (χ0) is 46.2. The molecule has 28 nitrogen and oxygen atoms in total. The largest absolute Gasteiger partial charge is 1.00 e. The van der Waals surface area contributed by atoms with Crippen molar-refractivity contribution in [3.8, 4) is 11.5 Å². The number of nitro groups is 4. The molecule has 0 bridgehead atoms. The van der Waals surface area contributed by atoms with Crippen molar-refractivity contribution in [3.63, 3.8) is 0 Å². The Balaban J connectivity index is 0.000000622. The van der Waals surface area contributed by atoms with Crippen molar-refractivity contribution in [2.75, 3.05) is 22.3 Å². The molecule has 0 unspecified atom stereocenters. The van der Waals surface area contributed by atoms with E-state index in [0.717, 1.165) is 12.2 Å². The van der Waals surface area contributed by atoms with Crippen molar-refractivity contribution >= 4 is 101 Å². The van der Waals surface area contributed by atoms with Crippen LogP contribution in [0.15, 0.2) is 80.7 Å². The Morgan fingerprint density at radius 3 is 1.14 bits per heavy atom. The predicted molar refractivity (Wildman–Crippen MR) is 214 cm³/mol. The zero-order valence-electron chi connectivity index (χ0n) is 33.5. The second kappa shape index (κ2) is 23.0. The number of nitrogens with zero attached hydrogens (tertiary/aromatic N) is 6. The number of fused-ring (bicyclic) bond motifs is 2. The van der Waals surface area contributed by atoms with Crippen molar-refractivity contribution in [1.82, 2.24) is 0 Å². The minimum atomic E-state index is -4.97. The van der Waals surface area contributed by atoms with Crippen LogP contribution in [-0.4, -0.2) is 78.8 Å². The van der Waals surface area contributed by atoms with E-state index in [4.69, 9.17) is 11.5 Å². The molecule has 326 valence electrons. The first-order chi connectivity index (χ1) is 28.8. The van der Waals surface area contributed by atoms with E-state index in [-0.39, 0.29) is 140 Å². The number of nitrogens with one attached hydrogen (secondary N) is 2. The Labute approximate surface area is 445 Å². The molecular weight excluding hydrogens is 998 g/mol. The van der Waals surface area contributed by atoms with Crippen molar-refractivity contribution in [2.24, 2.45) is 10.2 Å². The molecule has 4 aromatic rings. The van der Waals surface area contributed by atoms with E-state index < -0.39 is 118 Å². The molecule has 4 aromatic carbocycles. The maximum absolute atomic E-state index is 12.7. The topological polar surface area (TPSA) is 457 Å². The van der Waals surface area contributed by atoms with Gasteiger partial charge in [-0.3, -0.25) is 70.0 Å². The number of hydrogen-bond acceptors (Lipinski definition) is 22. The summed E-state index contributed by atoms with van der Waals surface area (Å²) in [4.78, 5) is 63.6. The summed E-state index contributed by atoms with van der Waals surface area (Å²) in [5.41, 5.74) is 9.24. The van der Waals surface area contributed by atoms with E-state index in [1.54, 1.807) is 0 Å². The monoisotopic (exact) mass is 1020 g/mol. The van der Waals surface area contributed by atoms with E-state index in [1.165, 1.54) is 36.4 Å². The SMILES string of the molecule is Nc1ccc2c(c1)C=C(S(=O)(=O)O)/C(=N/Nc1cc([N+](=O)[O-])cc([N+](=O)[O-])c1O)C2=O.Nc1ccc2c(c1)C=C(S(=O)(=O)O)/C(=N/Nc1cc([N+](=O)[O-])cc([N+](=O)[O-])c1O)C2=O.[Cr].[Na+].[Na+].[Na+]. The molecule has 0 amide bonds. The van der Waals surface area contributed by atoms with E-state index in [1.807, 2.05) is 10.9 Å². The van der Waals surface area contributed by atoms with Gasteiger partial charge in [-0.1, -0.05) is 0 Å². The van der Waals surface area contributed by atoms with Gasteiger partial charge in [-0.25, -0.2) is 0 Å². The number of phenols is 2. The van der Waals surface area contributed by atoms with Crippen LogP contribution < -0.4 is 111 Å². The van der Waals surface area contributed by atoms with Crippen LogP contribution in [0, 0.1) is 40.5 Å². The number of hydrogen-bond donors (Lipinski definition) is 8. The maximum atomic E-state index is 12.7. The summed E-state index contributed by atoms with van der Waals surface area (Å²) in [5.74, 6) is -4.02. The van der Waals surface area contributed by atoms with Crippen LogP contribution >= 0.6 is 0 Å². The number of carbonyl (C=O) groups excluding carboxylic acids is 2. The van der Waals surface area contributed by atoms with Crippen molar-refractivity contribution in [2.45, 2.75) is 0 Å². The van der Waals surface area contributed by atoms with Crippen LogP contribution in [0.5, 0.6) is 11.5 Å². The molecule has 0 saturated carbocycles. The molecule has 34 heteroatoms. The van der Waals surface area contributed by atoms with Gasteiger partial charge in [0.1, 0.15) is 21.2 Å². The molecule has 0 heterocycles. The number of aromatic hydroxyl groups is 2. The quantitative estimate of drug-likeness (QED) is 0.0183. The Kier molecular flexibility index (Phi) is 20.5. The molecule has 0 fully saturated rings. The molecule has 0 aliphatic heterocycles. The molecular formula is C32H22CrN10Na3O18S2+3. The third-order valence-corrected chi connectivity index (χ3v) is 9.94. The number of ketones is 2. The number of anilines is 4. The summed E-state index contributed by atoms with van der Waals surface area (Å²) in [5, 5.41) is 71.1. The summed E-state index contributed by atoms with van der Waals surface area (Å²) < 4.78 is 66.1. The molecule has 2 aliphatic carbocycles. The number of nitrogens with two attached hydrogens (primary N) is 2. The summed E-state index contributed by atoms with van der Waals surface area (Å²) in [7, 11) is -9.94. The van der Waals surface area contributed by atoms with Gasteiger partial charge in [0, 0.05) is 52.0 Å². The minimum Gasteiger partial charge on any atom is -0.501 e. The fourth-order valence-electron chi connectivity index (χ4n) is 5.42. The van der Waals surface area contributed by atoms with Crippen molar-refractivity contribution < 1.29 is 171 Å². The third kappa shape index (κ3) is 13.0. The second-order valence-corrected chi connectivity index (χ2v) is 15.0. The van der Waals surface area contributed by atoms with Crippen LogP contribution in [0.2, 0.25) is 0 Å². The smallest absolute Gasteiger partial charge is 0.501 e. The molecule has 0 saturated heterocycles. The number of Topliss-reactive ketones (excluding diaryl/α,β-unsaturated/α-hetero) is 2. The summed E-state index contributed by atoms with van der Waals surface area (Å²) in [6.45, 7) is 0. The zero-order valence-corrected chi connectivity index (χ0v) is 42.4. The number of non-ortho nitro benzene ring substituents is 2. The molecule has 10 N–H and O–H groups in total. The number of hydrazone groups is 2. The molecule has 0 atom stereocenters. The number of carbonyl (C=O) groups is 2. The molecule has 0 aromatic heterocycles. The van der Waals surface area contributed by atoms with Crippen LogP contribution in [0.4, 0.5) is 45.5 Å². The minimum absolute atomic E-state index is 0. The van der Waals surface area contributed by atoms with Crippen LogP contribution in [-0.2, 0) is 37.6 Å². The van der Waals surface area contributed by atoms with Crippen LogP contribution in [0.1, 0.15) is 31.8 Å². The van der Waals surface area contributed by atoms with Gasteiger partial charge in [-0.2, -0.15) is 27.0 Å². The fourth-order valence-corrected chi connectivity index (χ4v) is 6.74. The first kappa shape index (κ1) is 58.8. The van der Waals surface area contributed by atoms with E-state index >= 15 is 0 Å². The van der Waals surface area contributed by atoms with E-state index in [2.05, 4.69) is 10.2 Å². The molecule has 2 aliphatic rings. The summed E-state index contributed by atoms with van der Waals surface area (Å²) >= 11 is 0. The number of nitro benzene ring substituents is 4. The first-order valence-corrected chi connectivity index (χ1v) is 18.9. The number of benzene rings is 4. The maximum Gasteiger partial charge on any atom is 1.00 e. The van der Waals surface area contributed by atoms with Gasteiger partial charge in [0.2, 0.25) is 23.1 Å². The molecule has 6 rings (SSSR count). The van der Waals surface area contributed by atoms with Gasteiger partial charge in [-0.05, 0) is 59.7 Å². The molecule has 0 spiro atoms. The molecule has 0 radical (unpaired) electrons. The predicted octanol–water partition coefficient (Wildman–Crippen LogP) is -5.62. The average Bonchev–Trinajstić information content (AvgIpc) is 3.16. The van der Waals surface area contributed by atoms with Gasteiger partial charge < -0.3 is 21.7 Å². The second-order valence-electron chi connectivity index (χ2n) is 12.2. The average molecular weight is 1020 g/mol. The third-order valence-electron chi connectivity index (χ3n) is 8.21. The van der Waals surface area contributed by atoms with Crippen molar-refractivity contribution in [3.05, 3.63) is 133 Å². The summed E-state index contributed by atoms with van der Waals surface area (Å²) in [6.07, 6.45) is 1.86. The molecule has 66 heavy (non-hydrogen) atoms. The Morgan fingerprint density at radius 2 is 0.864 bits per heavy atom. The fraction of sp³-hybridized carbons (Fsp3) is 0. The van der Waals surface area contributed by atoms with Gasteiger partial charge in [0.25, 0.3) is 31.6 Å². The normalized spacial score (nSPS) is 13.8. The number of allylic oxidation sites excluding steroid dienone is 2. The van der Waals surface area contributed by atoms with Crippen LogP contribution in [0.25, 0.3) is 12.2 Å². The Morgan fingerprint density at radius 1 is 0.545 bits per heavy atom. The van der Waals surface area contributed by atoms with E-state index in [9.17, 15) is 86.2 Å². The van der Waals surface area contributed by atoms with E-state index in [0.29, 0.717) is 24.3 Å². The van der Waals surface area contributed by atoms with Gasteiger partial charge in [0.15, 0.2) is 11.4 Å². The van der Waals surface area contributed by atoms with Gasteiger partial charge in [-0.15, -0.1) is 0 Å². The number of nitrogen functional groups attached to an aromatic ring is 2. The first-order valence-electron chi connectivity index (χ1n) is 16.1. The number of phenolic OH excluding ortho intramolecular Hbond substituents is 2. The van der Waals surface area contributed by atoms with Gasteiger partial charge >= 0.3 is 100 Å². The van der Waals surface area contributed by atoms with Gasteiger partial charge in [0.05, 0.1) is 31.8 Å². The summed E-state index contributed by atoms with van der Waals surface area (Å²) in [6, 6.07) is 10.3. The van der Waals surface area contributed by atoms with Crippen molar-refractivity contribution in [1.29, 1.82) is 0 Å².